The Morgan fingerprint density at radius 3 is 2.03 bits per heavy atom. The Morgan fingerprint density at radius 1 is 0.824 bits per heavy atom. The summed E-state index contributed by atoms with van der Waals surface area (Å²) in [7, 11) is 5.86. The van der Waals surface area contributed by atoms with Gasteiger partial charge in [-0.1, -0.05) is 30.0 Å². The second-order valence-corrected chi connectivity index (χ2v) is 7.58. The summed E-state index contributed by atoms with van der Waals surface area (Å²) in [6.45, 7) is 1.72. The maximum Gasteiger partial charge on any atom is 0.321 e. The molecule has 0 N–H and O–H groups in total. The summed E-state index contributed by atoms with van der Waals surface area (Å²) in [5.74, 6) is 0.582. The van der Waals surface area contributed by atoms with Gasteiger partial charge in [0.15, 0.2) is 28.8 Å². The number of benzene rings is 2. The van der Waals surface area contributed by atoms with Crippen molar-refractivity contribution in [3.05, 3.63) is 59.7 Å². The zero-order chi connectivity index (χ0) is 25.1. The maximum atomic E-state index is 12.8. The molecule has 0 heterocycles. The van der Waals surface area contributed by atoms with E-state index in [0.717, 1.165) is 11.8 Å². The van der Waals surface area contributed by atoms with E-state index in [-0.39, 0.29) is 22.4 Å². The number of carbonyl (C=O) groups is 3. The molecule has 0 amide bonds. The highest BCUT2D eigenvalue weighted by Crippen LogP contribution is 2.38. The Hall–Kier alpha value is -3.72. The van der Waals surface area contributed by atoms with Crippen LogP contribution >= 0.6 is 11.8 Å². The van der Waals surface area contributed by atoms with E-state index in [2.05, 4.69) is 0 Å². The number of ether oxygens (including phenoxy) is 5. The monoisotopic (exact) mass is 486 g/mol. The van der Waals surface area contributed by atoms with Gasteiger partial charge >= 0.3 is 5.97 Å². The second kappa shape index (κ2) is 13.1. The quantitative estimate of drug-likeness (QED) is 0.199. The molecule has 0 aromatic heterocycles. The molecule has 0 aliphatic rings. The molecule has 0 aliphatic carbocycles. The van der Waals surface area contributed by atoms with Crippen molar-refractivity contribution in [3.63, 3.8) is 0 Å². The molecule has 34 heavy (non-hydrogen) atoms. The number of allylic oxidation sites excluding steroid dienone is 2. The summed E-state index contributed by atoms with van der Waals surface area (Å²) in [5.41, 5.74) is 0.941. The standard InChI is InChI=1S/C25H26O8S/c1-6-7-24(28)34-15-23(27)33-20-12-16(9-11-19(20)29-2)8-10-18(26)17-13-21(30-3)25(32-5)22(14-17)31-4/h6-14H,15H2,1-5H3. The van der Waals surface area contributed by atoms with Gasteiger partial charge in [0.1, 0.15) is 0 Å². The summed E-state index contributed by atoms with van der Waals surface area (Å²) in [6, 6.07) is 8.00. The Labute approximate surface area is 202 Å². The first kappa shape index (κ1) is 26.5. The number of esters is 1. The Balaban J connectivity index is 2.21. The highest BCUT2D eigenvalue weighted by molar-refractivity contribution is 8.14. The molecule has 180 valence electrons. The predicted molar refractivity (Wildman–Crippen MR) is 130 cm³/mol. The number of hydrogen-bond donors (Lipinski definition) is 0. The fourth-order valence-electron chi connectivity index (χ4n) is 2.83. The normalized spacial score (nSPS) is 10.9. The van der Waals surface area contributed by atoms with Gasteiger partial charge in [0.2, 0.25) is 10.9 Å². The zero-order valence-electron chi connectivity index (χ0n) is 19.6. The first-order valence-electron chi connectivity index (χ1n) is 10.1. The van der Waals surface area contributed by atoms with Crippen molar-refractivity contribution in [2.45, 2.75) is 6.92 Å². The highest BCUT2D eigenvalue weighted by Gasteiger charge is 2.16. The second-order valence-electron chi connectivity index (χ2n) is 6.60. The van der Waals surface area contributed by atoms with Crippen LogP contribution in [0, 0.1) is 0 Å². The molecule has 0 atom stereocenters. The predicted octanol–water partition coefficient (Wildman–Crippen LogP) is 4.36. The van der Waals surface area contributed by atoms with Crippen molar-refractivity contribution in [1.29, 1.82) is 0 Å². The lowest BCUT2D eigenvalue weighted by atomic mass is 10.1. The SMILES string of the molecule is CC=CC(=O)SCC(=O)Oc1cc(C=CC(=O)c2cc(OC)c(OC)c(OC)c2)ccc1OC. The van der Waals surface area contributed by atoms with E-state index in [1.54, 1.807) is 49.4 Å². The van der Waals surface area contributed by atoms with Crippen molar-refractivity contribution >= 4 is 34.7 Å². The Kier molecular flexibility index (Phi) is 10.2. The van der Waals surface area contributed by atoms with Crippen LogP contribution in [0.25, 0.3) is 6.08 Å². The third-order valence-corrected chi connectivity index (χ3v) is 5.22. The molecule has 0 bridgehead atoms. The molecule has 0 fully saturated rings. The third kappa shape index (κ3) is 7.14. The number of rotatable bonds is 11. The first-order valence-corrected chi connectivity index (χ1v) is 11.1. The Bertz CT molecular complexity index is 1080. The van der Waals surface area contributed by atoms with E-state index in [4.69, 9.17) is 23.7 Å². The van der Waals surface area contributed by atoms with Crippen molar-refractivity contribution in [2.75, 3.05) is 34.2 Å². The van der Waals surface area contributed by atoms with E-state index in [1.165, 1.54) is 40.6 Å². The molecule has 9 heteroatoms. The van der Waals surface area contributed by atoms with Crippen LogP contribution < -0.4 is 23.7 Å². The minimum Gasteiger partial charge on any atom is -0.493 e. The van der Waals surface area contributed by atoms with Gasteiger partial charge in [-0.05, 0) is 48.9 Å². The highest BCUT2D eigenvalue weighted by atomic mass is 32.2. The molecular formula is C25H26O8S. The molecule has 0 saturated heterocycles. The van der Waals surface area contributed by atoms with Crippen LogP contribution in [0.2, 0.25) is 0 Å². The van der Waals surface area contributed by atoms with E-state index in [0.29, 0.717) is 34.1 Å². The van der Waals surface area contributed by atoms with Gasteiger partial charge in [-0.2, -0.15) is 0 Å². The van der Waals surface area contributed by atoms with Crippen molar-refractivity contribution < 1.29 is 38.1 Å². The van der Waals surface area contributed by atoms with Crippen LogP contribution in [-0.2, 0) is 9.59 Å². The van der Waals surface area contributed by atoms with Crippen LogP contribution in [-0.4, -0.2) is 51.1 Å². The van der Waals surface area contributed by atoms with Gasteiger partial charge in [0, 0.05) is 5.56 Å². The van der Waals surface area contributed by atoms with Crippen molar-refractivity contribution in [3.8, 4) is 28.7 Å². The Morgan fingerprint density at radius 2 is 1.47 bits per heavy atom. The largest absolute Gasteiger partial charge is 0.493 e. The lowest BCUT2D eigenvalue weighted by Gasteiger charge is -2.13. The van der Waals surface area contributed by atoms with E-state index in [9.17, 15) is 14.4 Å². The summed E-state index contributed by atoms with van der Waals surface area (Å²) in [6.07, 6.45) is 5.92. The summed E-state index contributed by atoms with van der Waals surface area (Å²) in [4.78, 5) is 36.4. The minimum absolute atomic E-state index is 0.147. The number of hydrogen-bond acceptors (Lipinski definition) is 9. The van der Waals surface area contributed by atoms with Gasteiger partial charge in [-0.15, -0.1) is 0 Å². The molecule has 2 aromatic carbocycles. The smallest absolute Gasteiger partial charge is 0.321 e. The van der Waals surface area contributed by atoms with Crippen LogP contribution in [0.4, 0.5) is 0 Å². The number of thioether (sulfide) groups is 1. The van der Waals surface area contributed by atoms with Crippen LogP contribution in [0.5, 0.6) is 28.7 Å². The molecule has 2 rings (SSSR count). The van der Waals surface area contributed by atoms with Gasteiger partial charge in [0.25, 0.3) is 0 Å². The van der Waals surface area contributed by atoms with Gasteiger partial charge in [0.05, 0.1) is 34.2 Å². The van der Waals surface area contributed by atoms with Crippen LogP contribution in [0.15, 0.2) is 48.6 Å². The number of ketones is 1. The maximum absolute atomic E-state index is 12.8. The van der Waals surface area contributed by atoms with Crippen LogP contribution in [0.1, 0.15) is 22.8 Å². The van der Waals surface area contributed by atoms with Crippen molar-refractivity contribution in [2.24, 2.45) is 0 Å². The zero-order valence-corrected chi connectivity index (χ0v) is 20.4. The molecule has 0 spiro atoms. The average Bonchev–Trinajstić information content (AvgIpc) is 2.85. The number of carbonyl (C=O) groups excluding carboxylic acids is 3. The summed E-state index contributed by atoms with van der Waals surface area (Å²) in [5, 5.41) is -0.242. The van der Waals surface area contributed by atoms with Gasteiger partial charge in [-0.25, -0.2) is 0 Å². The molecular weight excluding hydrogens is 460 g/mol. The summed E-state index contributed by atoms with van der Waals surface area (Å²) >= 11 is 0.837. The van der Waals surface area contributed by atoms with E-state index >= 15 is 0 Å². The fourth-order valence-corrected chi connectivity index (χ4v) is 3.39. The first-order chi connectivity index (χ1) is 16.4. The molecule has 0 aliphatic heterocycles. The molecule has 2 aromatic rings. The third-order valence-electron chi connectivity index (χ3n) is 4.42. The molecule has 0 radical (unpaired) electrons. The molecule has 0 saturated carbocycles. The van der Waals surface area contributed by atoms with Crippen LogP contribution in [0.3, 0.4) is 0 Å². The minimum atomic E-state index is -0.601. The molecule has 8 nitrogen and oxygen atoms in total. The van der Waals surface area contributed by atoms with Crippen molar-refractivity contribution in [1.82, 2.24) is 0 Å². The van der Waals surface area contributed by atoms with Gasteiger partial charge < -0.3 is 23.7 Å². The van der Waals surface area contributed by atoms with E-state index < -0.39 is 5.97 Å². The molecule has 0 unspecified atom stereocenters. The topological polar surface area (TPSA) is 97.4 Å². The number of methoxy groups -OCH3 is 4. The van der Waals surface area contributed by atoms with Gasteiger partial charge in [-0.3, -0.25) is 14.4 Å². The fraction of sp³-hybridized carbons (Fsp3) is 0.240. The average molecular weight is 487 g/mol. The van der Waals surface area contributed by atoms with E-state index in [1.807, 2.05) is 0 Å². The lowest BCUT2D eigenvalue weighted by Crippen LogP contribution is -2.12. The lowest BCUT2D eigenvalue weighted by molar-refractivity contribution is -0.131. The summed E-state index contributed by atoms with van der Waals surface area (Å²) < 4.78 is 26.4.